The first kappa shape index (κ1) is 13.7. The van der Waals surface area contributed by atoms with Crippen LogP contribution >= 0.6 is 11.6 Å². The Bertz CT molecular complexity index is 430. The average Bonchev–Trinajstić information content (AvgIpc) is 2.20. The highest BCUT2D eigenvalue weighted by molar-refractivity contribution is 6.31. The zero-order chi connectivity index (χ0) is 13.0. The van der Waals surface area contributed by atoms with Crippen LogP contribution in [0.3, 0.4) is 0 Å². The van der Waals surface area contributed by atoms with Crippen molar-refractivity contribution in [1.82, 2.24) is 0 Å². The second-order valence-electron chi connectivity index (χ2n) is 4.23. The molecule has 0 fully saturated rings. The van der Waals surface area contributed by atoms with E-state index in [0.717, 1.165) is 6.08 Å². The Labute approximate surface area is 105 Å². The van der Waals surface area contributed by atoms with Gasteiger partial charge in [-0.05, 0) is 36.1 Å². The van der Waals surface area contributed by atoms with Crippen molar-refractivity contribution in [3.63, 3.8) is 0 Å². The minimum Gasteiger partial charge on any atom is -0.478 e. The van der Waals surface area contributed by atoms with Crippen LogP contribution in [0, 0.1) is 11.7 Å². The summed E-state index contributed by atoms with van der Waals surface area (Å²) in [6.07, 6.45) is 2.83. The predicted molar refractivity (Wildman–Crippen MR) is 66.6 cm³/mol. The van der Waals surface area contributed by atoms with Crippen molar-refractivity contribution in [3.8, 4) is 0 Å². The van der Waals surface area contributed by atoms with Gasteiger partial charge in [0.25, 0.3) is 0 Å². The fourth-order valence-electron chi connectivity index (χ4n) is 1.49. The molecule has 0 unspecified atom stereocenters. The van der Waals surface area contributed by atoms with Crippen molar-refractivity contribution >= 4 is 23.6 Å². The van der Waals surface area contributed by atoms with Crippen LogP contribution in [0.15, 0.2) is 18.2 Å². The Morgan fingerprint density at radius 1 is 1.53 bits per heavy atom. The molecular formula is C13H14ClFO2. The van der Waals surface area contributed by atoms with Gasteiger partial charge in [0.1, 0.15) is 5.82 Å². The first-order valence-electron chi connectivity index (χ1n) is 5.29. The molecule has 0 bridgehead atoms. The molecular weight excluding hydrogens is 243 g/mol. The van der Waals surface area contributed by atoms with E-state index in [0.29, 0.717) is 28.5 Å². The molecule has 0 saturated heterocycles. The topological polar surface area (TPSA) is 37.3 Å². The van der Waals surface area contributed by atoms with E-state index in [1.54, 1.807) is 6.07 Å². The number of hydrogen-bond donors (Lipinski definition) is 1. The summed E-state index contributed by atoms with van der Waals surface area (Å²) in [4.78, 5) is 10.3. The quantitative estimate of drug-likeness (QED) is 0.833. The van der Waals surface area contributed by atoms with Crippen LogP contribution in [0.25, 0.3) is 6.08 Å². The van der Waals surface area contributed by atoms with Gasteiger partial charge in [-0.1, -0.05) is 25.4 Å². The molecule has 0 heterocycles. The minimum absolute atomic E-state index is 0.308. The van der Waals surface area contributed by atoms with Crippen molar-refractivity contribution in [2.45, 2.75) is 20.3 Å². The third kappa shape index (κ3) is 4.19. The first-order chi connectivity index (χ1) is 7.90. The van der Waals surface area contributed by atoms with Crippen LogP contribution in [-0.2, 0) is 11.2 Å². The molecule has 0 saturated carbocycles. The lowest BCUT2D eigenvalue weighted by atomic mass is 10.0. The Balaban J connectivity index is 3.05. The molecule has 0 aliphatic heterocycles. The van der Waals surface area contributed by atoms with E-state index < -0.39 is 11.8 Å². The molecule has 0 atom stereocenters. The van der Waals surface area contributed by atoms with E-state index in [9.17, 15) is 9.18 Å². The maximum absolute atomic E-state index is 13.7. The molecule has 0 amide bonds. The zero-order valence-corrected chi connectivity index (χ0v) is 10.5. The summed E-state index contributed by atoms with van der Waals surface area (Å²) in [6.45, 7) is 3.96. The molecule has 1 N–H and O–H groups in total. The maximum atomic E-state index is 13.7. The van der Waals surface area contributed by atoms with Crippen molar-refractivity contribution in [2.75, 3.05) is 0 Å². The molecule has 1 aromatic carbocycles. The normalized spacial score (nSPS) is 11.4. The number of carboxylic acid groups (broad SMARTS) is 1. The number of rotatable bonds is 4. The van der Waals surface area contributed by atoms with Gasteiger partial charge in [0.2, 0.25) is 0 Å². The molecule has 0 spiro atoms. The van der Waals surface area contributed by atoms with E-state index in [4.69, 9.17) is 16.7 Å². The molecule has 17 heavy (non-hydrogen) atoms. The lowest BCUT2D eigenvalue weighted by Crippen LogP contribution is -1.99. The third-order valence-corrected chi connectivity index (χ3v) is 2.53. The molecule has 4 heteroatoms. The van der Waals surface area contributed by atoms with Gasteiger partial charge in [-0.2, -0.15) is 0 Å². The maximum Gasteiger partial charge on any atom is 0.328 e. The fraction of sp³-hybridized carbons (Fsp3) is 0.308. The van der Waals surface area contributed by atoms with Gasteiger partial charge < -0.3 is 5.11 Å². The van der Waals surface area contributed by atoms with Gasteiger partial charge in [0.05, 0.1) is 0 Å². The highest BCUT2D eigenvalue weighted by Gasteiger charge is 2.10. The second kappa shape index (κ2) is 5.82. The van der Waals surface area contributed by atoms with Gasteiger partial charge >= 0.3 is 5.97 Å². The van der Waals surface area contributed by atoms with Gasteiger partial charge in [0.15, 0.2) is 0 Å². The number of halogens is 2. The zero-order valence-electron chi connectivity index (χ0n) is 9.71. The summed E-state index contributed by atoms with van der Waals surface area (Å²) in [6, 6.07) is 2.87. The molecule has 1 aromatic rings. The summed E-state index contributed by atoms with van der Waals surface area (Å²) in [7, 11) is 0. The first-order valence-corrected chi connectivity index (χ1v) is 5.67. The molecule has 0 aromatic heterocycles. The largest absolute Gasteiger partial charge is 0.478 e. The van der Waals surface area contributed by atoms with Crippen molar-refractivity contribution < 1.29 is 14.3 Å². The van der Waals surface area contributed by atoms with Crippen molar-refractivity contribution in [3.05, 3.63) is 40.2 Å². The lowest BCUT2D eigenvalue weighted by Gasteiger charge is -2.09. The van der Waals surface area contributed by atoms with Crippen LogP contribution in [0.4, 0.5) is 4.39 Å². The highest BCUT2D eigenvalue weighted by Crippen LogP contribution is 2.25. The molecule has 1 rings (SSSR count). The van der Waals surface area contributed by atoms with Gasteiger partial charge in [-0.25, -0.2) is 9.18 Å². The predicted octanol–water partition coefficient (Wildman–Crippen LogP) is 3.78. The van der Waals surface area contributed by atoms with Crippen LogP contribution < -0.4 is 0 Å². The molecule has 0 radical (unpaired) electrons. The van der Waals surface area contributed by atoms with Gasteiger partial charge in [0, 0.05) is 16.7 Å². The standard InChI is InChI=1S/C13H14ClFO2/c1-8(2)5-10-11(14)6-9(7-12(10)15)3-4-13(16)17/h3-4,6-8H,5H2,1-2H3,(H,16,17)/b4-3+. The Morgan fingerprint density at radius 3 is 2.65 bits per heavy atom. The van der Waals surface area contributed by atoms with Crippen molar-refractivity contribution in [2.24, 2.45) is 5.92 Å². The summed E-state index contributed by atoms with van der Waals surface area (Å²) in [5.74, 6) is -1.16. The van der Waals surface area contributed by atoms with Crippen LogP contribution in [0.5, 0.6) is 0 Å². The molecule has 0 aliphatic rings. The highest BCUT2D eigenvalue weighted by atomic mass is 35.5. The number of benzene rings is 1. The summed E-state index contributed by atoms with van der Waals surface area (Å²) < 4.78 is 13.7. The Morgan fingerprint density at radius 2 is 2.18 bits per heavy atom. The van der Waals surface area contributed by atoms with E-state index in [1.165, 1.54) is 12.1 Å². The van der Waals surface area contributed by atoms with E-state index in [1.807, 2.05) is 13.8 Å². The summed E-state index contributed by atoms with van der Waals surface area (Å²) in [5.41, 5.74) is 0.927. The van der Waals surface area contributed by atoms with Crippen LogP contribution in [0.1, 0.15) is 25.0 Å². The number of hydrogen-bond acceptors (Lipinski definition) is 1. The van der Waals surface area contributed by atoms with Crippen molar-refractivity contribution in [1.29, 1.82) is 0 Å². The number of carboxylic acids is 1. The third-order valence-electron chi connectivity index (χ3n) is 2.19. The second-order valence-corrected chi connectivity index (χ2v) is 4.64. The monoisotopic (exact) mass is 256 g/mol. The summed E-state index contributed by atoms with van der Waals surface area (Å²) in [5, 5.41) is 8.81. The van der Waals surface area contributed by atoms with Crippen LogP contribution in [0.2, 0.25) is 5.02 Å². The van der Waals surface area contributed by atoms with Gasteiger partial charge in [-0.3, -0.25) is 0 Å². The minimum atomic E-state index is -1.08. The number of aliphatic carboxylic acids is 1. The number of carbonyl (C=O) groups is 1. The fourth-order valence-corrected chi connectivity index (χ4v) is 1.78. The Kier molecular flexibility index (Phi) is 4.70. The van der Waals surface area contributed by atoms with E-state index >= 15 is 0 Å². The SMILES string of the molecule is CC(C)Cc1c(F)cc(/C=C/C(=O)O)cc1Cl. The van der Waals surface area contributed by atoms with E-state index in [-0.39, 0.29) is 0 Å². The lowest BCUT2D eigenvalue weighted by molar-refractivity contribution is -0.131. The van der Waals surface area contributed by atoms with E-state index in [2.05, 4.69) is 0 Å². The molecule has 92 valence electrons. The average molecular weight is 257 g/mol. The molecule has 0 aliphatic carbocycles. The van der Waals surface area contributed by atoms with Gasteiger partial charge in [-0.15, -0.1) is 0 Å². The van der Waals surface area contributed by atoms with Crippen LogP contribution in [-0.4, -0.2) is 11.1 Å². The molecule has 2 nitrogen and oxygen atoms in total. The smallest absolute Gasteiger partial charge is 0.328 e. The Hall–Kier alpha value is -1.35. The summed E-state index contributed by atoms with van der Waals surface area (Å²) >= 11 is 5.97.